The minimum atomic E-state index is -0.435. The minimum absolute atomic E-state index is 0.107. The summed E-state index contributed by atoms with van der Waals surface area (Å²) in [7, 11) is 0. The van der Waals surface area contributed by atoms with Gasteiger partial charge in [-0.2, -0.15) is 0 Å². The molecule has 140 valence electrons. The Labute approximate surface area is 157 Å². The van der Waals surface area contributed by atoms with Gasteiger partial charge in [0.25, 0.3) is 5.91 Å². The number of rotatable bonds is 6. The van der Waals surface area contributed by atoms with Crippen molar-refractivity contribution >= 4 is 22.8 Å². The molecule has 2 aromatic carbocycles. The third kappa shape index (κ3) is 4.88. The van der Waals surface area contributed by atoms with Gasteiger partial charge in [-0.3, -0.25) is 20.4 Å². The van der Waals surface area contributed by atoms with E-state index in [0.717, 1.165) is 28.5 Å². The highest BCUT2D eigenvalue weighted by Crippen LogP contribution is 2.22. The molecule has 0 aliphatic carbocycles. The fourth-order valence-corrected chi connectivity index (χ4v) is 2.69. The highest BCUT2D eigenvalue weighted by molar-refractivity contribution is 5.89. The first-order valence-corrected chi connectivity index (χ1v) is 8.81. The largest absolute Gasteiger partial charge is 0.484 e. The van der Waals surface area contributed by atoms with Gasteiger partial charge >= 0.3 is 0 Å². The molecule has 0 saturated heterocycles. The van der Waals surface area contributed by atoms with Crippen LogP contribution in [0, 0.1) is 6.92 Å². The maximum absolute atomic E-state index is 12.1. The first-order chi connectivity index (χ1) is 13.0. The minimum Gasteiger partial charge on any atom is -0.484 e. The number of ether oxygens (including phenoxy) is 1. The number of benzene rings is 2. The van der Waals surface area contributed by atoms with E-state index in [4.69, 9.17) is 9.15 Å². The van der Waals surface area contributed by atoms with Crippen LogP contribution >= 0.6 is 0 Å². The van der Waals surface area contributed by atoms with Crippen LogP contribution in [0.5, 0.6) is 5.75 Å². The molecule has 0 fully saturated rings. The van der Waals surface area contributed by atoms with Crippen molar-refractivity contribution in [1.29, 1.82) is 0 Å². The van der Waals surface area contributed by atoms with Crippen LogP contribution in [-0.4, -0.2) is 18.4 Å². The van der Waals surface area contributed by atoms with Crippen LogP contribution in [0.1, 0.15) is 23.6 Å². The van der Waals surface area contributed by atoms with Crippen LogP contribution < -0.4 is 15.6 Å². The summed E-state index contributed by atoms with van der Waals surface area (Å²) < 4.78 is 10.9. The van der Waals surface area contributed by atoms with E-state index in [9.17, 15) is 9.59 Å². The number of furan rings is 1. The molecule has 3 rings (SSSR count). The molecule has 0 saturated carbocycles. The number of hydrazine groups is 1. The van der Waals surface area contributed by atoms with E-state index in [1.165, 1.54) is 5.56 Å². The smallest absolute Gasteiger partial charge is 0.276 e. The molecule has 0 atom stereocenters. The van der Waals surface area contributed by atoms with Crippen molar-refractivity contribution in [2.45, 2.75) is 26.7 Å². The molecule has 3 aromatic rings. The Kier molecular flexibility index (Phi) is 5.76. The van der Waals surface area contributed by atoms with Gasteiger partial charge in [0.2, 0.25) is 5.91 Å². The third-order valence-electron chi connectivity index (χ3n) is 4.21. The standard InChI is InChI=1S/C21H22N2O4/c1-3-15-5-7-17(8-6-15)26-13-21(25)23-22-20(24)11-16-12-27-19-10-14(2)4-9-18(16)19/h4-10,12H,3,11,13H2,1-2H3,(H,22,24)(H,23,25). The number of aryl methyl sites for hydroxylation is 2. The van der Waals surface area contributed by atoms with E-state index in [2.05, 4.69) is 17.8 Å². The molecule has 2 amide bonds. The maximum atomic E-state index is 12.1. The third-order valence-corrected chi connectivity index (χ3v) is 4.21. The summed E-state index contributed by atoms with van der Waals surface area (Å²) in [5, 5.41) is 0.890. The number of fused-ring (bicyclic) bond motifs is 1. The van der Waals surface area contributed by atoms with E-state index >= 15 is 0 Å². The quantitative estimate of drug-likeness (QED) is 0.657. The number of nitrogens with one attached hydrogen (secondary N) is 2. The molecule has 0 aliphatic rings. The average molecular weight is 366 g/mol. The highest BCUT2D eigenvalue weighted by atomic mass is 16.5. The van der Waals surface area contributed by atoms with E-state index in [1.807, 2.05) is 49.4 Å². The fourth-order valence-electron chi connectivity index (χ4n) is 2.69. The molecule has 0 aliphatic heterocycles. The van der Waals surface area contributed by atoms with Gasteiger partial charge in [-0.1, -0.05) is 31.2 Å². The summed E-state index contributed by atoms with van der Waals surface area (Å²) in [5.41, 5.74) is 8.53. The van der Waals surface area contributed by atoms with Crippen LogP contribution in [0.25, 0.3) is 11.0 Å². The van der Waals surface area contributed by atoms with E-state index in [-0.39, 0.29) is 18.9 Å². The van der Waals surface area contributed by atoms with Gasteiger partial charge in [0.1, 0.15) is 11.3 Å². The van der Waals surface area contributed by atoms with Crippen LogP contribution in [0.2, 0.25) is 0 Å². The van der Waals surface area contributed by atoms with Gasteiger partial charge in [-0.15, -0.1) is 0 Å². The van der Waals surface area contributed by atoms with Crippen molar-refractivity contribution < 1.29 is 18.7 Å². The molecule has 0 radical (unpaired) electrons. The SMILES string of the molecule is CCc1ccc(OCC(=O)NNC(=O)Cc2coc3cc(C)ccc23)cc1. The zero-order chi connectivity index (χ0) is 19.2. The van der Waals surface area contributed by atoms with Crippen molar-refractivity contribution in [3.8, 4) is 5.75 Å². The van der Waals surface area contributed by atoms with Crippen molar-refractivity contribution in [3.63, 3.8) is 0 Å². The zero-order valence-corrected chi connectivity index (χ0v) is 15.4. The normalized spacial score (nSPS) is 10.6. The van der Waals surface area contributed by atoms with Crippen LogP contribution in [0.4, 0.5) is 0 Å². The Morgan fingerprint density at radius 2 is 1.78 bits per heavy atom. The molecular weight excluding hydrogens is 344 g/mol. The molecule has 0 bridgehead atoms. The molecule has 6 heteroatoms. The summed E-state index contributed by atoms with van der Waals surface area (Å²) in [6.07, 6.45) is 2.61. The number of hydrogen-bond acceptors (Lipinski definition) is 4. The number of carbonyl (C=O) groups is 2. The second kappa shape index (κ2) is 8.40. The number of hydrogen-bond donors (Lipinski definition) is 2. The summed E-state index contributed by atoms with van der Waals surface area (Å²) >= 11 is 0. The lowest BCUT2D eigenvalue weighted by Crippen LogP contribution is -2.44. The molecule has 6 nitrogen and oxygen atoms in total. The summed E-state index contributed by atoms with van der Waals surface area (Å²) in [5.74, 6) is -0.164. The molecular formula is C21H22N2O4. The second-order valence-corrected chi connectivity index (χ2v) is 6.32. The fraction of sp³-hybridized carbons (Fsp3) is 0.238. The lowest BCUT2D eigenvalue weighted by molar-refractivity contribution is -0.129. The van der Waals surface area contributed by atoms with Crippen molar-refractivity contribution in [2.75, 3.05) is 6.61 Å². The van der Waals surface area contributed by atoms with Crippen molar-refractivity contribution in [3.05, 3.63) is 65.4 Å². The summed E-state index contributed by atoms with van der Waals surface area (Å²) in [6, 6.07) is 13.3. The molecule has 27 heavy (non-hydrogen) atoms. The van der Waals surface area contributed by atoms with Gasteiger partial charge in [-0.05, 0) is 42.7 Å². The Hall–Kier alpha value is -3.28. The van der Waals surface area contributed by atoms with Crippen LogP contribution in [-0.2, 0) is 22.4 Å². The van der Waals surface area contributed by atoms with Gasteiger partial charge in [-0.25, -0.2) is 0 Å². The van der Waals surface area contributed by atoms with E-state index in [0.29, 0.717) is 5.75 Å². The summed E-state index contributed by atoms with van der Waals surface area (Å²) in [4.78, 5) is 23.9. The number of carbonyl (C=O) groups excluding carboxylic acids is 2. The lowest BCUT2D eigenvalue weighted by atomic mass is 10.1. The van der Waals surface area contributed by atoms with Crippen molar-refractivity contribution in [1.82, 2.24) is 10.9 Å². The average Bonchev–Trinajstić information content (AvgIpc) is 3.06. The highest BCUT2D eigenvalue weighted by Gasteiger charge is 2.11. The van der Waals surface area contributed by atoms with E-state index in [1.54, 1.807) is 6.26 Å². The predicted octanol–water partition coefficient (Wildman–Crippen LogP) is 3.07. The Morgan fingerprint density at radius 3 is 2.52 bits per heavy atom. The van der Waals surface area contributed by atoms with E-state index < -0.39 is 5.91 Å². The van der Waals surface area contributed by atoms with Crippen LogP contribution in [0.3, 0.4) is 0 Å². The van der Waals surface area contributed by atoms with Gasteiger partial charge in [0.15, 0.2) is 6.61 Å². The van der Waals surface area contributed by atoms with Crippen LogP contribution in [0.15, 0.2) is 53.1 Å². The first-order valence-electron chi connectivity index (χ1n) is 8.81. The maximum Gasteiger partial charge on any atom is 0.276 e. The predicted molar refractivity (Wildman–Crippen MR) is 102 cm³/mol. The Balaban J connectivity index is 1.45. The molecule has 0 unspecified atom stereocenters. The Morgan fingerprint density at radius 1 is 1.04 bits per heavy atom. The van der Waals surface area contributed by atoms with Gasteiger partial charge < -0.3 is 9.15 Å². The molecule has 1 heterocycles. The topological polar surface area (TPSA) is 80.6 Å². The number of amides is 2. The first kappa shape index (κ1) is 18.5. The summed E-state index contributed by atoms with van der Waals surface area (Å²) in [6.45, 7) is 3.86. The molecule has 2 N–H and O–H groups in total. The Bertz CT molecular complexity index is 944. The van der Waals surface area contributed by atoms with Gasteiger partial charge in [0, 0.05) is 10.9 Å². The zero-order valence-electron chi connectivity index (χ0n) is 15.4. The molecule has 1 aromatic heterocycles. The molecule has 0 spiro atoms. The monoisotopic (exact) mass is 366 g/mol. The van der Waals surface area contributed by atoms with Gasteiger partial charge in [0.05, 0.1) is 12.7 Å². The van der Waals surface area contributed by atoms with Crippen molar-refractivity contribution in [2.24, 2.45) is 0 Å². The second-order valence-electron chi connectivity index (χ2n) is 6.32. The lowest BCUT2D eigenvalue weighted by Gasteiger charge is -2.09.